The molecule has 0 fully saturated rings. The van der Waals surface area contributed by atoms with Crippen molar-refractivity contribution in [3.63, 3.8) is 0 Å². The largest absolute Gasteiger partial charge is 0.378 e. The van der Waals surface area contributed by atoms with Crippen molar-refractivity contribution in [3.8, 4) is 0 Å². The van der Waals surface area contributed by atoms with Crippen molar-refractivity contribution in [2.24, 2.45) is 0 Å². The molecule has 0 saturated heterocycles. The van der Waals surface area contributed by atoms with Crippen molar-refractivity contribution in [2.45, 2.75) is 13.8 Å². The molecule has 1 heterocycles. The van der Waals surface area contributed by atoms with Gasteiger partial charge in [0.2, 0.25) is 0 Å². The lowest BCUT2D eigenvalue weighted by Crippen LogP contribution is -2.14. The number of hydrogen-bond acceptors (Lipinski definition) is 4. The molecule has 27 heavy (non-hydrogen) atoms. The van der Waals surface area contributed by atoms with Gasteiger partial charge in [0.15, 0.2) is 0 Å². The number of carbonyl (C=O) groups excluding carboxylic acids is 1. The lowest BCUT2D eigenvalue weighted by Gasteiger charge is -2.13. The molecule has 0 spiro atoms. The van der Waals surface area contributed by atoms with Crippen LogP contribution >= 0.6 is 0 Å². The summed E-state index contributed by atoms with van der Waals surface area (Å²) in [5.74, 6) is -0.239. The molecule has 1 aromatic heterocycles. The summed E-state index contributed by atoms with van der Waals surface area (Å²) in [6, 6.07) is 17.5. The van der Waals surface area contributed by atoms with E-state index in [-0.39, 0.29) is 5.91 Å². The van der Waals surface area contributed by atoms with E-state index >= 15 is 0 Å². The van der Waals surface area contributed by atoms with Crippen molar-refractivity contribution >= 4 is 28.7 Å². The second-order valence-corrected chi connectivity index (χ2v) is 6.77. The molecule has 0 saturated carbocycles. The summed E-state index contributed by atoms with van der Waals surface area (Å²) in [6.45, 7) is 4.10. The predicted molar refractivity (Wildman–Crippen MR) is 112 cm³/mol. The first-order valence-electron chi connectivity index (χ1n) is 8.81. The summed E-state index contributed by atoms with van der Waals surface area (Å²) in [5.41, 5.74) is 6.34. The SMILES string of the molecule is Cc1ccc(C)c(Nc2ccnc(C(=O)Nc3ccc(N(C)C)cc3)c2)c1. The maximum atomic E-state index is 12.5. The summed E-state index contributed by atoms with van der Waals surface area (Å²) in [7, 11) is 3.96. The number of carbonyl (C=O) groups is 1. The number of nitrogens with zero attached hydrogens (tertiary/aromatic N) is 2. The highest BCUT2D eigenvalue weighted by atomic mass is 16.1. The monoisotopic (exact) mass is 360 g/mol. The van der Waals surface area contributed by atoms with Crippen LogP contribution in [0.5, 0.6) is 0 Å². The van der Waals surface area contributed by atoms with Crippen LogP contribution < -0.4 is 15.5 Å². The van der Waals surface area contributed by atoms with Gasteiger partial charge in [-0.05, 0) is 67.4 Å². The van der Waals surface area contributed by atoms with Crippen LogP contribution in [0.1, 0.15) is 21.6 Å². The predicted octanol–water partition coefficient (Wildman–Crippen LogP) is 4.76. The maximum Gasteiger partial charge on any atom is 0.274 e. The van der Waals surface area contributed by atoms with Crippen molar-refractivity contribution in [1.82, 2.24) is 4.98 Å². The third-order valence-electron chi connectivity index (χ3n) is 4.31. The molecule has 2 N–H and O–H groups in total. The van der Waals surface area contributed by atoms with Crippen molar-refractivity contribution in [1.29, 1.82) is 0 Å². The number of pyridine rings is 1. The van der Waals surface area contributed by atoms with E-state index in [2.05, 4.69) is 40.7 Å². The Morgan fingerprint density at radius 1 is 0.926 bits per heavy atom. The quantitative estimate of drug-likeness (QED) is 0.689. The summed E-state index contributed by atoms with van der Waals surface area (Å²) >= 11 is 0. The van der Waals surface area contributed by atoms with E-state index in [0.29, 0.717) is 5.69 Å². The van der Waals surface area contributed by atoms with Crippen LogP contribution in [0.25, 0.3) is 0 Å². The van der Waals surface area contributed by atoms with Gasteiger partial charge >= 0.3 is 0 Å². The molecule has 0 bridgehead atoms. The van der Waals surface area contributed by atoms with Crippen LogP contribution in [0, 0.1) is 13.8 Å². The molecule has 0 unspecified atom stereocenters. The van der Waals surface area contributed by atoms with Gasteiger partial charge in [-0.15, -0.1) is 0 Å². The van der Waals surface area contributed by atoms with Gasteiger partial charge in [0.25, 0.3) is 5.91 Å². The zero-order chi connectivity index (χ0) is 19.4. The Morgan fingerprint density at radius 3 is 2.37 bits per heavy atom. The molecule has 0 aliphatic heterocycles. The second kappa shape index (κ2) is 7.91. The van der Waals surface area contributed by atoms with Crippen LogP contribution in [0.3, 0.4) is 0 Å². The number of benzene rings is 2. The van der Waals surface area contributed by atoms with E-state index in [1.807, 2.05) is 56.3 Å². The topological polar surface area (TPSA) is 57.3 Å². The first kappa shape index (κ1) is 18.5. The molecular formula is C22H24N4O. The van der Waals surface area contributed by atoms with E-state index in [1.165, 1.54) is 5.56 Å². The molecule has 1 amide bonds. The van der Waals surface area contributed by atoms with E-state index < -0.39 is 0 Å². The van der Waals surface area contributed by atoms with E-state index in [9.17, 15) is 4.79 Å². The Morgan fingerprint density at radius 2 is 1.67 bits per heavy atom. The average molecular weight is 360 g/mol. The van der Waals surface area contributed by atoms with Crippen molar-refractivity contribution in [3.05, 3.63) is 77.6 Å². The van der Waals surface area contributed by atoms with Crippen molar-refractivity contribution in [2.75, 3.05) is 29.6 Å². The van der Waals surface area contributed by atoms with Crippen LogP contribution in [0.4, 0.5) is 22.7 Å². The van der Waals surface area contributed by atoms with Gasteiger partial charge < -0.3 is 15.5 Å². The molecule has 0 atom stereocenters. The molecule has 0 aliphatic carbocycles. The van der Waals surface area contributed by atoms with Crippen LogP contribution in [0.2, 0.25) is 0 Å². The standard InChI is InChI=1S/C22H24N4O/c1-15-5-6-16(2)20(13-15)24-18-11-12-23-21(14-18)22(27)25-17-7-9-19(10-8-17)26(3)4/h5-14H,1-4H3,(H,23,24)(H,25,27). The molecule has 5 heteroatoms. The molecule has 5 nitrogen and oxygen atoms in total. The van der Waals surface area contributed by atoms with Gasteiger partial charge in [-0.3, -0.25) is 9.78 Å². The highest BCUT2D eigenvalue weighted by molar-refractivity contribution is 6.03. The Labute approximate surface area is 160 Å². The third kappa shape index (κ3) is 4.64. The Bertz CT molecular complexity index is 949. The molecule has 0 aliphatic rings. The zero-order valence-electron chi connectivity index (χ0n) is 16.1. The first-order chi connectivity index (χ1) is 12.9. The fourth-order valence-electron chi connectivity index (χ4n) is 2.70. The molecule has 2 aromatic carbocycles. The van der Waals surface area contributed by atoms with Crippen LogP contribution in [-0.2, 0) is 0 Å². The Kier molecular flexibility index (Phi) is 5.41. The van der Waals surface area contributed by atoms with Gasteiger partial charge in [-0.2, -0.15) is 0 Å². The minimum Gasteiger partial charge on any atom is -0.378 e. The maximum absolute atomic E-state index is 12.5. The number of anilines is 4. The number of aromatic nitrogens is 1. The summed E-state index contributed by atoms with van der Waals surface area (Å²) in [5, 5.41) is 6.25. The van der Waals surface area contributed by atoms with Crippen LogP contribution in [-0.4, -0.2) is 25.0 Å². The fraction of sp³-hybridized carbons (Fsp3) is 0.182. The second-order valence-electron chi connectivity index (χ2n) is 6.77. The lowest BCUT2D eigenvalue weighted by molar-refractivity contribution is 0.102. The highest BCUT2D eigenvalue weighted by Gasteiger charge is 2.09. The number of amides is 1. The number of rotatable bonds is 5. The van der Waals surface area contributed by atoms with Crippen LogP contribution in [0.15, 0.2) is 60.8 Å². The lowest BCUT2D eigenvalue weighted by atomic mass is 10.1. The molecule has 3 rings (SSSR count). The summed E-state index contributed by atoms with van der Waals surface area (Å²) < 4.78 is 0. The average Bonchev–Trinajstić information content (AvgIpc) is 2.65. The number of hydrogen-bond donors (Lipinski definition) is 2. The van der Waals surface area contributed by atoms with E-state index in [0.717, 1.165) is 28.3 Å². The molecule has 138 valence electrons. The van der Waals surface area contributed by atoms with E-state index in [4.69, 9.17) is 0 Å². The van der Waals surface area contributed by atoms with Gasteiger partial charge in [-0.25, -0.2) is 0 Å². The minimum absolute atomic E-state index is 0.239. The summed E-state index contributed by atoms with van der Waals surface area (Å²) in [4.78, 5) is 18.8. The smallest absolute Gasteiger partial charge is 0.274 e. The van der Waals surface area contributed by atoms with Gasteiger partial charge in [0, 0.05) is 43.0 Å². The molecule has 3 aromatic rings. The van der Waals surface area contributed by atoms with Gasteiger partial charge in [0.1, 0.15) is 5.69 Å². The molecular weight excluding hydrogens is 336 g/mol. The normalized spacial score (nSPS) is 10.4. The minimum atomic E-state index is -0.239. The third-order valence-corrected chi connectivity index (χ3v) is 4.31. The van der Waals surface area contributed by atoms with Crippen molar-refractivity contribution < 1.29 is 4.79 Å². The number of aryl methyl sites for hydroxylation is 2. The van der Waals surface area contributed by atoms with E-state index in [1.54, 1.807) is 12.3 Å². The van der Waals surface area contributed by atoms with Gasteiger partial charge in [-0.1, -0.05) is 12.1 Å². The van der Waals surface area contributed by atoms with Gasteiger partial charge in [0.05, 0.1) is 0 Å². The Hall–Kier alpha value is -3.34. The Balaban J connectivity index is 1.74. The fourth-order valence-corrected chi connectivity index (χ4v) is 2.70. The summed E-state index contributed by atoms with van der Waals surface area (Å²) in [6.07, 6.45) is 1.64. The molecule has 0 radical (unpaired) electrons. The zero-order valence-corrected chi connectivity index (χ0v) is 16.1. The first-order valence-corrected chi connectivity index (χ1v) is 8.81. The number of nitrogens with one attached hydrogen (secondary N) is 2. The highest BCUT2D eigenvalue weighted by Crippen LogP contribution is 2.22.